The first-order chi connectivity index (χ1) is 10.7. The quantitative estimate of drug-likeness (QED) is 0.488. The average molecular weight is 316 g/mol. The van der Waals surface area contributed by atoms with E-state index in [4.69, 9.17) is 0 Å². The van der Waals surface area contributed by atoms with Crippen molar-refractivity contribution in [2.24, 2.45) is 0 Å². The maximum atomic E-state index is 12.7. The molecule has 2 aromatic carbocycles. The van der Waals surface area contributed by atoms with Gasteiger partial charge in [-0.3, -0.25) is 0 Å². The number of nitrogens with zero attached hydrogens (tertiary/aromatic N) is 2. The monoisotopic (exact) mass is 316 g/mol. The summed E-state index contributed by atoms with van der Waals surface area (Å²) in [5.74, 6) is 0. The van der Waals surface area contributed by atoms with E-state index < -0.39 is 0 Å². The van der Waals surface area contributed by atoms with Gasteiger partial charge in [0.1, 0.15) is 11.1 Å². The summed E-state index contributed by atoms with van der Waals surface area (Å²) in [6.45, 7) is 1.96. The summed E-state index contributed by atoms with van der Waals surface area (Å²) >= 11 is 0. The summed E-state index contributed by atoms with van der Waals surface area (Å²) in [7, 11) is 0. The molecule has 23 heavy (non-hydrogen) atoms. The number of para-hydroxylation sites is 2. The number of rotatable bonds is 4. The van der Waals surface area contributed by atoms with Crippen molar-refractivity contribution in [2.45, 2.75) is 19.8 Å². The van der Waals surface area contributed by atoms with Crippen LogP contribution >= 0.6 is 0 Å². The van der Waals surface area contributed by atoms with Crippen molar-refractivity contribution in [3.63, 3.8) is 0 Å². The number of aromatic nitrogens is 2. The van der Waals surface area contributed by atoms with Crippen LogP contribution in [0.2, 0.25) is 0 Å². The first-order valence-electron chi connectivity index (χ1n) is 7.38. The molecule has 0 amide bonds. The van der Waals surface area contributed by atoms with Crippen LogP contribution in [0.15, 0.2) is 70.3 Å². The van der Waals surface area contributed by atoms with Crippen molar-refractivity contribution in [2.75, 3.05) is 0 Å². The Kier molecular flexibility index (Phi) is 5.88. The van der Waals surface area contributed by atoms with E-state index in [1.165, 1.54) is 9.36 Å². The summed E-state index contributed by atoms with van der Waals surface area (Å²) in [6.07, 6.45) is 1.25. The van der Waals surface area contributed by atoms with Gasteiger partial charge < -0.3 is 9.59 Å². The summed E-state index contributed by atoms with van der Waals surface area (Å²) in [5.41, 5.74) is 1.26. The van der Waals surface area contributed by atoms with E-state index in [9.17, 15) is 9.59 Å². The zero-order valence-electron chi connectivity index (χ0n) is 13.4. The minimum absolute atomic E-state index is 0. The third kappa shape index (κ3) is 3.29. The Labute approximate surface area is 156 Å². The molecule has 0 spiro atoms. The molecule has 0 fully saturated rings. The van der Waals surface area contributed by atoms with Gasteiger partial charge in [0.05, 0.1) is 11.4 Å². The van der Waals surface area contributed by atoms with Crippen LogP contribution in [0.1, 0.15) is 18.9 Å². The predicted molar refractivity (Wildman–Crippen MR) is 87.2 cm³/mol. The fourth-order valence-electron chi connectivity index (χ4n) is 2.60. The second-order valence-electron chi connectivity index (χ2n) is 5.13. The molecule has 0 N–H and O–H groups in total. The molecule has 3 aromatic rings. The van der Waals surface area contributed by atoms with E-state index in [0.29, 0.717) is 23.4 Å². The normalized spacial score (nSPS) is 10.3. The number of hydrogen-bond donors (Lipinski definition) is 0. The zero-order chi connectivity index (χ0) is 15.5. The minimum atomic E-state index is -0.234. The van der Waals surface area contributed by atoms with E-state index in [-0.39, 0.29) is 40.7 Å². The van der Waals surface area contributed by atoms with Crippen LogP contribution < -0.4 is 40.7 Å². The minimum Gasteiger partial charge on any atom is -0.308 e. The fourth-order valence-corrected chi connectivity index (χ4v) is 2.60. The van der Waals surface area contributed by atoms with Crippen LogP contribution in [0.4, 0.5) is 0 Å². The van der Waals surface area contributed by atoms with E-state index in [2.05, 4.69) is 0 Å². The first kappa shape index (κ1) is 17.6. The van der Waals surface area contributed by atoms with E-state index in [1.54, 1.807) is 0 Å². The first-order valence-corrected chi connectivity index (χ1v) is 7.38. The van der Waals surface area contributed by atoms with Gasteiger partial charge in [0.2, 0.25) is 0 Å². The molecule has 112 valence electrons. The smallest absolute Gasteiger partial charge is 0.308 e. The second kappa shape index (κ2) is 7.68. The van der Waals surface area contributed by atoms with E-state index in [1.807, 2.05) is 67.6 Å². The molecule has 0 unspecified atom stereocenters. The van der Waals surface area contributed by atoms with Crippen LogP contribution in [0, 0.1) is 0 Å². The molecule has 4 nitrogen and oxygen atoms in total. The van der Waals surface area contributed by atoms with Crippen LogP contribution in [0.3, 0.4) is 0 Å². The van der Waals surface area contributed by atoms with Crippen molar-refractivity contribution < 1.29 is 29.6 Å². The van der Waals surface area contributed by atoms with Crippen LogP contribution in [-0.2, 0) is 6.42 Å². The van der Waals surface area contributed by atoms with Crippen LogP contribution in [0.5, 0.6) is 0 Å². The third-order valence-electron chi connectivity index (χ3n) is 3.60. The molecule has 1 aromatic heterocycles. The third-order valence-corrected chi connectivity index (χ3v) is 3.60. The van der Waals surface area contributed by atoms with Gasteiger partial charge in [0, 0.05) is 0 Å². The van der Waals surface area contributed by atoms with Gasteiger partial charge in [0.25, 0.3) is 0 Å². The topological polar surface area (TPSA) is 44.0 Å². The molecule has 0 aliphatic rings. The van der Waals surface area contributed by atoms with Crippen molar-refractivity contribution in [1.29, 1.82) is 0 Å². The summed E-state index contributed by atoms with van der Waals surface area (Å²) < 4.78 is 2.92. The summed E-state index contributed by atoms with van der Waals surface area (Å²) in [4.78, 5) is 25.4. The predicted octanol–water partition coefficient (Wildman–Crippen LogP) is -0.336. The molecule has 0 atom stereocenters. The molecule has 0 bridgehead atoms. The molecule has 5 heteroatoms. The Hall–Kier alpha value is -1.75. The Bertz CT molecular complexity index is 806. The maximum Gasteiger partial charge on any atom is 1.00 e. The fraction of sp³-hybridized carbons (Fsp3) is 0.167. The average Bonchev–Trinajstić information content (AvgIpc) is 2.81. The Balaban J connectivity index is 0.00000192. The maximum absolute atomic E-state index is 12.7. The Morgan fingerprint density at radius 2 is 1.17 bits per heavy atom. The van der Waals surface area contributed by atoms with Gasteiger partial charge >= 0.3 is 29.6 Å². The summed E-state index contributed by atoms with van der Waals surface area (Å²) in [6, 6.07) is 18.5. The van der Waals surface area contributed by atoms with Crippen molar-refractivity contribution in [1.82, 2.24) is 9.36 Å². The van der Waals surface area contributed by atoms with Gasteiger partial charge in [-0.05, 0) is 24.3 Å². The molecular weight excluding hydrogens is 299 g/mol. The van der Waals surface area contributed by atoms with Crippen molar-refractivity contribution >= 4 is 0 Å². The molecule has 0 aliphatic heterocycles. The standard InChI is InChI=1S/C18H17N2O2.Na/c1-2-9-16-17(21)19(14-10-5-3-6-11-14)20(18(16)22)15-12-7-4-8-13-15;/h3-8,10-13H,2,9H2,1H3;/q-1;+1. The molecule has 1 heterocycles. The molecular formula is C18H17N2NaO2. The van der Waals surface area contributed by atoms with Gasteiger partial charge in [-0.1, -0.05) is 49.7 Å². The van der Waals surface area contributed by atoms with Crippen LogP contribution in [0.25, 0.3) is 11.4 Å². The number of benzene rings is 2. The molecule has 0 saturated carbocycles. The number of hydrogen-bond acceptors (Lipinski definition) is 2. The van der Waals surface area contributed by atoms with Gasteiger partial charge in [-0.2, -0.15) is 0 Å². The molecule has 3 rings (SSSR count). The second-order valence-corrected chi connectivity index (χ2v) is 5.13. The van der Waals surface area contributed by atoms with Crippen LogP contribution in [-0.4, -0.2) is 9.36 Å². The largest absolute Gasteiger partial charge is 1.00 e. The SMILES string of the molecule is CCC[c-]1c(=O)n(-c2ccccc2)n(-c2ccccc2)c1=O.[Na+]. The molecule has 0 radical (unpaired) electrons. The molecule has 0 aliphatic carbocycles. The van der Waals surface area contributed by atoms with Crippen molar-refractivity contribution in [3.05, 3.63) is 86.9 Å². The Morgan fingerprint density at radius 3 is 1.52 bits per heavy atom. The molecule has 0 saturated heterocycles. The van der Waals surface area contributed by atoms with Gasteiger partial charge in [-0.15, -0.1) is 6.42 Å². The Morgan fingerprint density at radius 1 is 0.783 bits per heavy atom. The van der Waals surface area contributed by atoms with Gasteiger partial charge in [0.15, 0.2) is 0 Å². The van der Waals surface area contributed by atoms with Crippen molar-refractivity contribution in [3.8, 4) is 11.4 Å². The van der Waals surface area contributed by atoms with E-state index in [0.717, 1.165) is 6.42 Å². The van der Waals surface area contributed by atoms with E-state index >= 15 is 0 Å². The zero-order valence-corrected chi connectivity index (χ0v) is 15.4. The van der Waals surface area contributed by atoms with Gasteiger partial charge in [-0.25, -0.2) is 14.9 Å². The summed E-state index contributed by atoms with van der Waals surface area (Å²) in [5, 5.41) is 0.